The number of hydrogen-bond acceptors (Lipinski definition) is 2. The normalized spacial score (nSPS) is 10.7. The van der Waals surface area contributed by atoms with E-state index in [0.29, 0.717) is 5.75 Å². The van der Waals surface area contributed by atoms with Crippen LogP contribution in [0.15, 0.2) is 54.6 Å². The summed E-state index contributed by atoms with van der Waals surface area (Å²) in [5.41, 5.74) is 0.732. The number of hydrogen-bond donors (Lipinski definition) is 1. The lowest BCUT2D eigenvalue weighted by atomic mass is 10.0. The first-order chi connectivity index (χ1) is 8.66. The highest BCUT2D eigenvalue weighted by atomic mass is 16.5. The molecule has 2 rings (SSSR count). The Kier molecular flexibility index (Phi) is 7.04. The minimum absolute atomic E-state index is 0. The van der Waals surface area contributed by atoms with Gasteiger partial charge < -0.3 is 15.3 Å². The Balaban J connectivity index is 0.00000180. The van der Waals surface area contributed by atoms with E-state index in [4.69, 9.17) is 9.84 Å². The third kappa shape index (κ3) is 4.40. The molecule has 3 N–H and O–H groups in total. The molecule has 0 saturated heterocycles. The molecule has 0 aliphatic carbocycles. The SMILES string of the molecule is C.CC(C(=O)O)c1cccc(Oc2ccccc2)c1.O. The Morgan fingerprint density at radius 2 is 1.65 bits per heavy atom. The molecule has 0 bridgehead atoms. The number of carboxylic acid groups (broad SMARTS) is 1. The number of carbonyl (C=O) groups is 1. The first kappa shape index (κ1) is 17.7. The molecule has 2 aromatic rings. The fourth-order valence-electron chi connectivity index (χ4n) is 1.61. The molecule has 0 radical (unpaired) electrons. The third-order valence-corrected chi connectivity index (χ3v) is 2.71. The first-order valence-electron chi connectivity index (χ1n) is 5.72. The summed E-state index contributed by atoms with van der Waals surface area (Å²) in [5.74, 6) is 0.000567. The first-order valence-corrected chi connectivity index (χ1v) is 5.72. The van der Waals surface area contributed by atoms with Crippen molar-refractivity contribution in [2.24, 2.45) is 0 Å². The Morgan fingerprint density at radius 1 is 1.05 bits per heavy atom. The van der Waals surface area contributed by atoms with Crippen molar-refractivity contribution in [1.82, 2.24) is 0 Å². The highest BCUT2D eigenvalue weighted by Crippen LogP contribution is 2.25. The lowest BCUT2D eigenvalue weighted by Gasteiger charge is -2.10. The summed E-state index contributed by atoms with van der Waals surface area (Å²) in [7, 11) is 0. The molecule has 0 amide bonds. The van der Waals surface area contributed by atoms with Gasteiger partial charge in [-0.3, -0.25) is 4.79 Å². The molecule has 2 aromatic carbocycles. The molecule has 1 atom stereocenters. The quantitative estimate of drug-likeness (QED) is 0.928. The van der Waals surface area contributed by atoms with Crippen LogP contribution in [-0.2, 0) is 4.79 Å². The lowest BCUT2D eigenvalue weighted by Crippen LogP contribution is -2.07. The van der Waals surface area contributed by atoms with Gasteiger partial charge in [0, 0.05) is 0 Å². The summed E-state index contributed by atoms with van der Waals surface area (Å²) in [5, 5.41) is 8.98. The van der Waals surface area contributed by atoms with Crippen LogP contribution in [0.4, 0.5) is 0 Å². The van der Waals surface area contributed by atoms with Crippen molar-refractivity contribution in [3.63, 3.8) is 0 Å². The summed E-state index contributed by atoms with van der Waals surface area (Å²) in [6, 6.07) is 16.6. The standard InChI is InChI=1S/C15H14O3.CH4.H2O/c1-11(15(16)17)12-6-5-9-14(10-12)18-13-7-3-2-4-8-13;;/h2-11H,1H3,(H,16,17);1H4;1H2. The summed E-state index contributed by atoms with van der Waals surface area (Å²) < 4.78 is 5.66. The molecule has 4 nitrogen and oxygen atoms in total. The van der Waals surface area contributed by atoms with Crippen LogP contribution < -0.4 is 4.74 Å². The molecule has 0 fully saturated rings. The Bertz CT molecular complexity index is 537. The number of benzene rings is 2. The number of ether oxygens (including phenoxy) is 1. The van der Waals surface area contributed by atoms with Gasteiger partial charge >= 0.3 is 5.97 Å². The molecule has 108 valence electrons. The van der Waals surface area contributed by atoms with Crippen molar-refractivity contribution in [1.29, 1.82) is 0 Å². The highest BCUT2D eigenvalue weighted by Gasteiger charge is 2.13. The molecule has 0 aromatic heterocycles. The van der Waals surface area contributed by atoms with E-state index in [9.17, 15) is 4.79 Å². The Hall–Kier alpha value is -2.33. The second kappa shape index (κ2) is 7.96. The van der Waals surface area contributed by atoms with Crippen LogP contribution in [0.25, 0.3) is 0 Å². The van der Waals surface area contributed by atoms with Gasteiger partial charge in [-0.1, -0.05) is 37.8 Å². The average molecular weight is 276 g/mol. The third-order valence-electron chi connectivity index (χ3n) is 2.71. The van der Waals surface area contributed by atoms with Crippen molar-refractivity contribution in [3.05, 3.63) is 60.2 Å². The average Bonchev–Trinajstić information content (AvgIpc) is 2.39. The second-order valence-electron chi connectivity index (χ2n) is 4.05. The molecule has 1 unspecified atom stereocenters. The van der Waals surface area contributed by atoms with Crippen LogP contribution >= 0.6 is 0 Å². The van der Waals surface area contributed by atoms with Gasteiger partial charge in [0.2, 0.25) is 0 Å². The van der Waals surface area contributed by atoms with E-state index in [1.807, 2.05) is 36.4 Å². The minimum atomic E-state index is -0.841. The predicted octanol–water partition coefficient (Wildman–Crippen LogP) is 3.48. The van der Waals surface area contributed by atoms with Gasteiger partial charge in [0.05, 0.1) is 5.92 Å². The zero-order valence-electron chi connectivity index (χ0n) is 10.5. The van der Waals surface area contributed by atoms with Crippen molar-refractivity contribution >= 4 is 5.97 Å². The van der Waals surface area contributed by atoms with Gasteiger partial charge in [-0.2, -0.15) is 0 Å². The minimum Gasteiger partial charge on any atom is -0.481 e. The summed E-state index contributed by atoms with van der Waals surface area (Å²) in [6.45, 7) is 1.66. The van der Waals surface area contributed by atoms with Crippen LogP contribution in [-0.4, -0.2) is 16.6 Å². The molecule has 0 heterocycles. The van der Waals surface area contributed by atoms with E-state index in [1.54, 1.807) is 25.1 Å². The van der Waals surface area contributed by atoms with E-state index in [0.717, 1.165) is 11.3 Å². The number of para-hydroxylation sites is 1. The van der Waals surface area contributed by atoms with E-state index < -0.39 is 11.9 Å². The monoisotopic (exact) mass is 276 g/mol. The van der Waals surface area contributed by atoms with Gasteiger partial charge in [0.1, 0.15) is 11.5 Å². The van der Waals surface area contributed by atoms with Crippen molar-refractivity contribution in [3.8, 4) is 11.5 Å². The fraction of sp³-hybridized carbons (Fsp3) is 0.188. The van der Waals surface area contributed by atoms with Crippen LogP contribution in [0.3, 0.4) is 0 Å². The van der Waals surface area contributed by atoms with Crippen LogP contribution in [0.2, 0.25) is 0 Å². The zero-order valence-corrected chi connectivity index (χ0v) is 10.5. The molecule has 0 aliphatic heterocycles. The Labute approximate surface area is 119 Å². The maximum absolute atomic E-state index is 10.9. The van der Waals surface area contributed by atoms with Crippen molar-refractivity contribution in [2.45, 2.75) is 20.3 Å². The summed E-state index contributed by atoms with van der Waals surface area (Å²) in [4.78, 5) is 10.9. The maximum atomic E-state index is 10.9. The van der Waals surface area contributed by atoms with E-state index in [-0.39, 0.29) is 12.9 Å². The van der Waals surface area contributed by atoms with E-state index in [1.165, 1.54) is 0 Å². The number of carboxylic acids is 1. The lowest BCUT2D eigenvalue weighted by molar-refractivity contribution is -0.138. The van der Waals surface area contributed by atoms with Gasteiger partial charge in [-0.05, 0) is 36.8 Å². The number of rotatable bonds is 4. The van der Waals surface area contributed by atoms with E-state index >= 15 is 0 Å². The number of aliphatic carboxylic acids is 1. The molecule has 20 heavy (non-hydrogen) atoms. The van der Waals surface area contributed by atoms with Crippen LogP contribution in [0.1, 0.15) is 25.8 Å². The van der Waals surface area contributed by atoms with Crippen molar-refractivity contribution < 1.29 is 20.1 Å². The molecule has 4 heteroatoms. The van der Waals surface area contributed by atoms with Gasteiger partial charge in [-0.15, -0.1) is 0 Å². The largest absolute Gasteiger partial charge is 0.481 e. The van der Waals surface area contributed by atoms with Crippen molar-refractivity contribution in [2.75, 3.05) is 0 Å². The molecule has 0 saturated carbocycles. The summed E-state index contributed by atoms with van der Waals surface area (Å²) >= 11 is 0. The Morgan fingerprint density at radius 3 is 2.25 bits per heavy atom. The van der Waals surface area contributed by atoms with Gasteiger partial charge in [0.25, 0.3) is 0 Å². The highest BCUT2D eigenvalue weighted by molar-refractivity contribution is 5.75. The molecular formula is C16H20O4. The van der Waals surface area contributed by atoms with Crippen LogP contribution in [0.5, 0.6) is 11.5 Å². The fourth-order valence-corrected chi connectivity index (χ4v) is 1.61. The molecule has 0 aliphatic rings. The second-order valence-corrected chi connectivity index (χ2v) is 4.05. The predicted molar refractivity (Wildman–Crippen MR) is 79.4 cm³/mol. The van der Waals surface area contributed by atoms with Crippen LogP contribution in [0, 0.1) is 0 Å². The maximum Gasteiger partial charge on any atom is 0.310 e. The molecule has 0 spiro atoms. The van der Waals surface area contributed by atoms with Gasteiger partial charge in [-0.25, -0.2) is 0 Å². The molecular weight excluding hydrogens is 256 g/mol. The van der Waals surface area contributed by atoms with E-state index in [2.05, 4.69) is 0 Å². The smallest absolute Gasteiger partial charge is 0.310 e. The topological polar surface area (TPSA) is 78.0 Å². The summed E-state index contributed by atoms with van der Waals surface area (Å²) in [6.07, 6.45) is 0. The zero-order chi connectivity index (χ0) is 13.0. The van der Waals surface area contributed by atoms with Gasteiger partial charge in [0.15, 0.2) is 0 Å².